The number of ether oxygens (including phenoxy) is 5. The predicted molar refractivity (Wildman–Crippen MR) is 303 cm³/mol. The molecule has 1 rings (SSSR count). The fraction of sp³-hybridized carbons (Fsp3) is 0.683. The van der Waals surface area contributed by atoms with Crippen LogP contribution >= 0.6 is 0 Å². The topological polar surface area (TPSA) is 175 Å². The van der Waals surface area contributed by atoms with Crippen molar-refractivity contribution in [3.05, 3.63) is 97.2 Å². The Kier molecular flexibility index (Phi) is 46.2. The number of carbonyl (C=O) groups excluding carboxylic acids is 3. The second-order valence-corrected chi connectivity index (χ2v) is 19.5. The summed E-state index contributed by atoms with van der Waals surface area (Å²) in [6.45, 7) is 5.74. The Morgan fingerprint density at radius 1 is 0.453 bits per heavy atom. The fourth-order valence-corrected chi connectivity index (χ4v) is 8.15. The number of carboxylic acid groups (broad SMARTS) is 1. The van der Waals surface area contributed by atoms with Gasteiger partial charge in [0.1, 0.15) is 18.8 Å². The first-order valence-electron chi connectivity index (χ1n) is 29.2. The highest BCUT2D eigenvalue weighted by Crippen LogP contribution is 2.26. The minimum absolute atomic E-state index is 0.0337. The summed E-state index contributed by atoms with van der Waals surface area (Å²) in [5.74, 6) is -3.27. The molecule has 0 aliphatic carbocycles. The van der Waals surface area contributed by atoms with Gasteiger partial charge in [0.2, 0.25) is 0 Å². The van der Waals surface area contributed by atoms with E-state index in [9.17, 15) is 34.5 Å². The number of aliphatic hydroxyl groups excluding tert-OH is 2. The van der Waals surface area contributed by atoms with Crippen LogP contribution in [0.15, 0.2) is 97.2 Å². The van der Waals surface area contributed by atoms with Crippen molar-refractivity contribution in [2.75, 3.05) is 13.2 Å². The average Bonchev–Trinajstić information content (AvgIpc) is 3.39. The van der Waals surface area contributed by atoms with E-state index in [-0.39, 0.29) is 25.9 Å². The van der Waals surface area contributed by atoms with Gasteiger partial charge in [0.15, 0.2) is 24.6 Å². The van der Waals surface area contributed by atoms with E-state index in [0.29, 0.717) is 25.7 Å². The molecule has 0 bridgehead atoms. The van der Waals surface area contributed by atoms with Crippen LogP contribution in [0.25, 0.3) is 0 Å². The number of allylic oxidation sites excluding steroid dienone is 16. The molecule has 0 amide bonds. The third-order valence-electron chi connectivity index (χ3n) is 12.6. The van der Waals surface area contributed by atoms with Crippen molar-refractivity contribution < 1.29 is 58.2 Å². The Balaban J connectivity index is 2.74. The van der Waals surface area contributed by atoms with Crippen molar-refractivity contribution in [3.63, 3.8) is 0 Å². The molecule has 0 saturated carbocycles. The van der Waals surface area contributed by atoms with Crippen LogP contribution < -0.4 is 0 Å². The van der Waals surface area contributed by atoms with Crippen LogP contribution in [0.1, 0.15) is 226 Å². The molecule has 1 aliphatic heterocycles. The Hall–Kier alpha value is -4.36. The van der Waals surface area contributed by atoms with E-state index in [1.807, 2.05) is 12.2 Å². The number of rotatable bonds is 48. The summed E-state index contributed by atoms with van der Waals surface area (Å²) in [5, 5.41) is 31.5. The molecule has 6 unspecified atom stereocenters. The highest BCUT2D eigenvalue weighted by atomic mass is 16.7. The fourth-order valence-electron chi connectivity index (χ4n) is 8.15. The second-order valence-electron chi connectivity index (χ2n) is 19.5. The van der Waals surface area contributed by atoms with E-state index in [1.165, 1.54) is 38.5 Å². The summed E-state index contributed by atoms with van der Waals surface area (Å²) in [6.07, 6.45) is 53.9. The summed E-state index contributed by atoms with van der Waals surface area (Å²) < 4.78 is 28.3. The first-order chi connectivity index (χ1) is 36.6. The maximum Gasteiger partial charge on any atom is 0.335 e. The van der Waals surface area contributed by atoms with Gasteiger partial charge in [0.05, 0.1) is 6.61 Å². The van der Waals surface area contributed by atoms with Crippen LogP contribution in [0.3, 0.4) is 0 Å². The molecule has 0 spiro atoms. The lowest BCUT2D eigenvalue weighted by Gasteiger charge is -2.40. The van der Waals surface area contributed by atoms with Crippen molar-refractivity contribution in [2.45, 2.75) is 263 Å². The lowest BCUT2D eigenvalue weighted by molar-refractivity contribution is -0.301. The van der Waals surface area contributed by atoms with Crippen LogP contribution in [0, 0.1) is 0 Å². The molecule has 0 aromatic carbocycles. The molecule has 426 valence electrons. The number of unbranched alkanes of at least 4 members (excludes halogenated alkanes) is 18. The molecule has 1 aliphatic rings. The Bertz CT molecular complexity index is 1670. The number of aliphatic hydroxyl groups is 2. The summed E-state index contributed by atoms with van der Waals surface area (Å²) >= 11 is 0. The molecule has 0 aromatic rings. The normalized spacial score (nSPS) is 18.9. The average molecular weight is 1050 g/mol. The minimum Gasteiger partial charge on any atom is -0.479 e. The molecule has 0 radical (unpaired) electrons. The number of carboxylic acids is 1. The van der Waals surface area contributed by atoms with Crippen molar-refractivity contribution in [3.8, 4) is 0 Å². The molecule has 75 heavy (non-hydrogen) atoms. The van der Waals surface area contributed by atoms with Crippen LogP contribution in [0.4, 0.5) is 0 Å². The van der Waals surface area contributed by atoms with E-state index in [2.05, 4.69) is 106 Å². The summed E-state index contributed by atoms with van der Waals surface area (Å²) in [7, 11) is 0. The third kappa shape index (κ3) is 40.6. The first-order valence-corrected chi connectivity index (χ1v) is 29.2. The van der Waals surface area contributed by atoms with Gasteiger partial charge in [-0.2, -0.15) is 0 Å². The van der Waals surface area contributed by atoms with Crippen LogP contribution in [0.2, 0.25) is 0 Å². The molecular weight excluding hydrogens is 949 g/mol. The Morgan fingerprint density at radius 2 is 0.867 bits per heavy atom. The number of hydrogen-bond donors (Lipinski definition) is 3. The Labute approximate surface area is 453 Å². The largest absolute Gasteiger partial charge is 0.479 e. The molecule has 1 fully saturated rings. The van der Waals surface area contributed by atoms with E-state index in [1.54, 1.807) is 0 Å². The van der Waals surface area contributed by atoms with Gasteiger partial charge < -0.3 is 39.0 Å². The number of carbonyl (C=O) groups is 4. The van der Waals surface area contributed by atoms with Crippen molar-refractivity contribution in [1.29, 1.82) is 0 Å². The molecule has 3 N–H and O–H groups in total. The van der Waals surface area contributed by atoms with Gasteiger partial charge in [-0.15, -0.1) is 0 Å². The quantitative estimate of drug-likeness (QED) is 0.0228. The van der Waals surface area contributed by atoms with Gasteiger partial charge in [-0.1, -0.05) is 195 Å². The number of aliphatic carboxylic acids is 1. The maximum atomic E-state index is 13.1. The van der Waals surface area contributed by atoms with Crippen molar-refractivity contribution in [2.24, 2.45) is 0 Å². The van der Waals surface area contributed by atoms with Crippen molar-refractivity contribution >= 4 is 23.9 Å². The molecule has 1 saturated heterocycles. The van der Waals surface area contributed by atoms with Gasteiger partial charge >= 0.3 is 23.9 Å². The smallest absolute Gasteiger partial charge is 0.335 e. The third-order valence-corrected chi connectivity index (χ3v) is 12.6. The minimum atomic E-state index is -1.92. The monoisotopic (exact) mass is 1050 g/mol. The van der Waals surface area contributed by atoms with Gasteiger partial charge in [-0.05, 0) is 109 Å². The SMILES string of the molecule is CC/C=C\C/C=C\C/C=C\C/C=C\CCC(=O)OC(COC(=O)CCCCCCC/C=C\C/C=C\CCCCC)COC1OC(C(=O)O)C(O)C(O)C1OC(=O)CCCCCCCCC/C=C\C/C=C\CCCCC. The summed E-state index contributed by atoms with van der Waals surface area (Å²) in [5.41, 5.74) is 0. The van der Waals surface area contributed by atoms with Crippen molar-refractivity contribution in [1.82, 2.24) is 0 Å². The van der Waals surface area contributed by atoms with Gasteiger partial charge in [0, 0.05) is 19.3 Å². The lowest BCUT2D eigenvalue weighted by atomic mass is 9.98. The summed E-state index contributed by atoms with van der Waals surface area (Å²) in [4.78, 5) is 51.0. The molecule has 12 heteroatoms. The van der Waals surface area contributed by atoms with E-state index in [0.717, 1.165) is 122 Å². The molecule has 1 heterocycles. The number of esters is 3. The van der Waals surface area contributed by atoms with E-state index >= 15 is 0 Å². The Morgan fingerprint density at radius 3 is 1.33 bits per heavy atom. The van der Waals surface area contributed by atoms with Gasteiger partial charge in [-0.3, -0.25) is 14.4 Å². The highest BCUT2D eigenvalue weighted by Gasteiger charge is 2.50. The second kappa shape index (κ2) is 50.5. The zero-order chi connectivity index (χ0) is 54.7. The molecule has 6 atom stereocenters. The van der Waals surface area contributed by atoms with Gasteiger partial charge in [-0.25, -0.2) is 4.79 Å². The lowest BCUT2D eigenvalue weighted by Crippen LogP contribution is -2.61. The molecule has 0 aromatic heterocycles. The van der Waals surface area contributed by atoms with Crippen LogP contribution in [-0.4, -0.2) is 89.2 Å². The van der Waals surface area contributed by atoms with E-state index in [4.69, 9.17) is 23.7 Å². The first kappa shape index (κ1) is 68.7. The maximum absolute atomic E-state index is 13.1. The zero-order valence-electron chi connectivity index (χ0n) is 46.8. The number of hydrogen-bond acceptors (Lipinski definition) is 11. The molecule has 12 nitrogen and oxygen atoms in total. The predicted octanol–water partition coefficient (Wildman–Crippen LogP) is 14.9. The molecular formula is C63H102O12. The zero-order valence-corrected chi connectivity index (χ0v) is 46.8. The van der Waals surface area contributed by atoms with Gasteiger partial charge in [0.25, 0.3) is 0 Å². The summed E-state index contributed by atoms with van der Waals surface area (Å²) in [6, 6.07) is 0. The standard InChI is InChI=1S/C63H102O12/c1-4-7-10-13-16-19-22-25-27-28-30-33-36-39-42-45-48-51-57(66)74-61-59(68)58(67)60(62(69)70)75-63(61)72-53-54(73-56(65)50-47-44-41-38-35-31-24-21-18-15-12-9-6-3)52-71-55(64)49-46-43-40-37-34-32-29-26-23-20-17-14-11-8-5-2/h9,12,16-21,25-27,29,31,35,41,44,54,58-61,63,67-68H,4-8,10-11,13-15,22-24,28,30,32-34,36-40,42-43,45-53H2,1-3H3,(H,69,70)/b12-9-,19-16-,20-17-,21-18-,27-25-,29-26-,35-31-,44-41-. The van der Waals surface area contributed by atoms with E-state index < -0.39 is 67.3 Å². The highest BCUT2D eigenvalue weighted by molar-refractivity contribution is 5.74. The van der Waals surface area contributed by atoms with Crippen LogP contribution in [-0.2, 0) is 42.9 Å². The van der Waals surface area contributed by atoms with Crippen LogP contribution in [0.5, 0.6) is 0 Å².